The van der Waals surface area contributed by atoms with Crippen molar-refractivity contribution in [1.29, 1.82) is 0 Å². The van der Waals surface area contributed by atoms with Gasteiger partial charge in [-0.05, 0) is 48.7 Å². The summed E-state index contributed by atoms with van der Waals surface area (Å²) in [6, 6.07) is 7.96. The van der Waals surface area contributed by atoms with E-state index in [2.05, 4.69) is 15.6 Å². The fraction of sp³-hybridized carbons (Fsp3) is 0.250. The van der Waals surface area contributed by atoms with E-state index in [1.165, 1.54) is 24.4 Å². The number of rotatable bonds is 5. The number of hydrogen-bond donors (Lipinski definition) is 2. The average molecular weight is 320 g/mol. The van der Waals surface area contributed by atoms with Crippen LogP contribution >= 0.6 is 11.6 Å². The second-order valence-corrected chi connectivity index (χ2v) is 5.68. The third-order valence-electron chi connectivity index (χ3n) is 3.41. The maximum atomic E-state index is 13.2. The van der Waals surface area contributed by atoms with Crippen molar-refractivity contribution >= 4 is 23.3 Å². The Balaban J connectivity index is 1.60. The Kier molecular flexibility index (Phi) is 4.24. The number of aromatic nitrogens is 1. The number of amides is 1. The topological polar surface area (TPSA) is 54.0 Å². The lowest BCUT2D eigenvalue weighted by molar-refractivity contribution is 0.0951. The van der Waals surface area contributed by atoms with Gasteiger partial charge in [0.1, 0.15) is 11.6 Å². The number of hydrogen-bond acceptors (Lipinski definition) is 3. The predicted molar refractivity (Wildman–Crippen MR) is 83.5 cm³/mol. The highest BCUT2D eigenvalue weighted by Crippen LogP contribution is 2.20. The van der Waals surface area contributed by atoms with Crippen LogP contribution in [0.4, 0.5) is 10.2 Å². The molecule has 0 unspecified atom stereocenters. The van der Waals surface area contributed by atoms with Gasteiger partial charge in [-0.25, -0.2) is 9.37 Å². The molecule has 1 fully saturated rings. The number of halogens is 2. The minimum Gasteiger partial charge on any atom is -0.366 e. The summed E-state index contributed by atoms with van der Waals surface area (Å²) in [6.07, 6.45) is 3.62. The van der Waals surface area contributed by atoms with Crippen LogP contribution in [-0.2, 0) is 6.54 Å². The molecule has 2 N–H and O–H groups in total. The molecule has 1 amide bonds. The molecule has 4 nitrogen and oxygen atoms in total. The van der Waals surface area contributed by atoms with Crippen molar-refractivity contribution in [3.8, 4) is 0 Å². The number of benzene rings is 1. The Morgan fingerprint density at radius 2 is 2.14 bits per heavy atom. The number of carbonyl (C=O) groups is 1. The van der Waals surface area contributed by atoms with Crippen molar-refractivity contribution in [1.82, 2.24) is 10.3 Å². The van der Waals surface area contributed by atoms with Crippen LogP contribution in [0.25, 0.3) is 0 Å². The molecule has 0 saturated heterocycles. The van der Waals surface area contributed by atoms with E-state index in [9.17, 15) is 9.18 Å². The summed E-state index contributed by atoms with van der Waals surface area (Å²) >= 11 is 6.00. The van der Waals surface area contributed by atoms with Gasteiger partial charge >= 0.3 is 0 Å². The van der Waals surface area contributed by atoms with Gasteiger partial charge in [0.25, 0.3) is 5.91 Å². The second-order valence-electron chi connectivity index (χ2n) is 5.27. The van der Waals surface area contributed by atoms with Crippen molar-refractivity contribution in [2.24, 2.45) is 0 Å². The molecule has 0 bridgehead atoms. The number of anilines is 1. The molecule has 0 radical (unpaired) electrons. The number of nitrogens with zero attached hydrogens (tertiary/aromatic N) is 1. The van der Waals surface area contributed by atoms with Crippen molar-refractivity contribution in [2.75, 3.05) is 5.32 Å². The molecule has 1 aliphatic carbocycles. The number of pyridine rings is 1. The first-order chi connectivity index (χ1) is 10.6. The van der Waals surface area contributed by atoms with Crippen molar-refractivity contribution in [2.45, 2.75) is 25.4 Å². The molecule has 1 heterocycles. The van der Waals surface area contributed by atoms with Gasteiger partial charge < -0.3 is 10.6 Å². The first kappa shape index (κ1) is 14.8. The van der Waals surface area contributed by atoms with Gasteiger partial charge in [-0.15, -0.1) is 0 Å². The molecule has 2 aromatic rings. The summed E-state index contributed by atoms with van der Waals surface area (Å²) in [4.78, 5) is 16.0. The van der Waals surface area contributed by atoms with Gasteiger partial charge in [0.05, 0.1) is 5.56 Å². The minimum atomic E-state index is -0.332. The van der Waals surface area contributed by atoms with Gasteiger partial charge in [-0.3, -0.25) is 4.79 Å². The van der Waals surface area contributed by atoms with Crippen LogP contribution in [0.3, 0.4) is 0 Å². The Labute approximate surface area is 132 Å². The minimum absolute atomic E-state index is 0.102. The standard InChI is InChI=1S/C16H15ClFN3O/c17-14-5-2-12(18)7-11(14)9-20-15-6-1-10(8-19-15)16(22)21-13-3-4-13/h1-2,5-8,13H,3-4,9H2,(H,19,20)(H,21,22). The normalized spacial score (nSPS) is 13.7. The predicted octanol–water partition coefficient (Wildman–Crippen LogP) is 3.38. The Morgan fingerprint density at radius 3 is 2.82 bits per heavy atom. The molecule has 3 rings (SSSR count). The molecule has 0 atom stereocenters. The largest absolute Gasteiger partial charge is 0.366 e. The van der Waals surface area contributed by atoms with E-state index < -0.39 is 0 Å². The van der Waals surface area contributed by atoms with E-state index in [0.29, 0.717) is 34.6 Å². The monoisotopic (exact) mass is 319 g/mol. The Morgan fingerprint density at radius 1 is 1.32 bits per heavy atom. The highest BCUT2D eigenvalue weighted by atomic mass is 35.5. The summed E-state index contributed by atoms with van der Waals surface area (Å²) in [6.45, 7) is 0.358. The molecule has 1 aromatic heterocycles. The first-order valence-electron chi connectivity index (χ1n) is 7.06. The molecule has 6 heteroatoms. The highest BCUT2D eigenvalue weighted by molar-refractivity contribution is 6.31. The molecule has 1 aromatic carbocycles. The fourth-order valence-electron chi connectivity index (χ4n) is 1.99. The van der Waals surface area contributed by atoms with Crippen LogP contribution in [0, 0.1) is 5.82 Å². The smallest absolute Gasteiger partial charge is 0.253 e. The van der Waals surface area contributed by atoms with E-state index in [1.807, 2.05) is 0 Å². The zero-order valence-corrected chi connectivity index (χ0v) is 12.5. The summed E-state index contributed by atoms with van der Waals surface area (Å²) in [7, 11) is 0. The van der Waals surface area contributed by atoms with Crippen molar-refractivity contribution in [3.63, 3.8) is 0 Å². The maximum absolute atomic E-state index is 13.2. The zero-order valence-electron chi connectivity index (χ0n) is 11.8. The molecular formula is C16H15ClFN3O. The third kappa shape index (κ3) is 3.74. The van der Waals surface area contributed by atoms with Crippen LogP contribution in [0.1, 0.15) is 28.8 Å². The lowest BCUT2D eigenvalue weighted by atomic mass is 10.2. The SMILES string of the molecule is O=C(NC1CC1)c1ccc(NCc2cc(F)ccc2Cl)nc1. The molecule has 1 aliphatic rings. The lowest BCUT2D eigenvalue weighted by Gasteiger charge is -2.08. The van der Waals surface area contributed by atoms with Gasteiger partial charge in [0.2, 0.25) is 0 Å². The number of carbonyl (C=O) groups excluding carboxylic acids is 1. The van der Waals surface area contributed by atoms with Crippen molar-refractivity contribution < 1.29 is 9.18 Å². The molecule has 22 heavy (non-hydrogen) atoms. The van der Waals surface area contributed by atoms with E-state index in [0.717, 1.165) is 12.8 Å². The van der Waals surface area contributed by atoms with Crippen LogP contribution in [-0.4, -0.2) is 16.9 Å². The summed E-state index contributed by atoms with van der Waals surface area (Å²) < 4.78 is 13.2. The maximum Gasteiger partial charge on any atom is 0.253 e. The van der Waals surface area contributed by atoms with Gasteiger partial charge in [-0.2, -0.15) is 0 Å². The average Bonchev–Trinajstić information content (AvgIpc) is 3.32. The van der Waals surface area contributed by atoms with Crippen LogP contribution in [0.15, 0.2) is 36.5 Å². The molecule has 0 spiro atoms. The fourth-order valence-corrected chi connectivity index (χ4v) is 2.18. The third-order valence-corrected chi connectivity index (χ3v) is 3.77. The molecular weight excluding hydrogens is 305 g/mol. The summed E-state index contributed by atoms with van der Waals surface area (Å²) in [5.74, 6) is 0.166. The van der Waals surface area contributed by atoms with Gasteiger partial charge in [0.15, 0.2) is 0 Å². The summed E-state index contributed by atoms with van der Waals surface area (Å²) in [5.41, 5.74) is 1.18. The number of nitrogens with one attached hydrogen (secondary N) is 2. The highest BCUT2D eigenvalue weighted by Gasteiger charge is 2.23. The van der Waals surface area contributed by atoms with E-state index in [1.54, 1.807) is 12.1 Å². The van der Waals surface area contributed by atoms with Crippen molar-refractivity contribution in [3.05, 3.63) is 58.5 Å². The quantitative estimate of drug-likeness (QED) is 0.888. The van der Waals surface area contributed by atoms with Crippen LogP contribution in [0.2, 0.25) is 5.02 Å². The molecule has 114 valence electrons. The lowest BCUT2D eigenvalue weighted by Crippen LogP contribution is -2.25. The van der Waals surface area contributed by atoms with E-state index in [4.69, 9.17) is 11.6 Å². The van der Waals surface area contributed by atoms with Gasteiger partial charge in [-0.1, -0.05) is 11.6 Å². The second kappa shape index (κ2) is 6.32. The van der Waals surface area contributed by atoms with E-state index in [-0.39, 0.29) is 11.7 Å². The zero-order chi connectivity index (χ0) is 15.5. The van der Waals surface area contributed by atoms with Gasteiger partial charge in [0, 0.05) is 23.8 Å². The van der Waals surface area contributed by atoms with E-state index >= 15 is 0 Å². The Hall–Kier alpha value is -2.14. The molecule has 0 aliphatic heterocycles. The summed E-state index contributed by atoms with van der Waals surface area (Å²) in [5, 5.41) is 6.45. The van der Waals surface area contributed by atoms with Crippen LogP contribution in [0.5, 0.6) is 0 Å². The first-order valence-corrected chi connectivity index (χ1v) is 7.44. The van der Waals surface area contributed by atoms with Crippen LogP contribution < -0.4 is 10.6 Å². The molecule has 1 saturated carbocycles. The Bertz CT molecular complexity index is 686.